The van der Waals surface area contributed by atoms with Crippen molar-refractivity contribution in [2.24, 2.45) is 0 Å². The van der Waals surface area contributed by atoms with Gasteiger partial charge in [0, 0.05) is 31.7 Å². The molecule has 1 saturated heterocycles. The molecule has 0 aliphatic carbocycles. The van der Waals surface area contributed by atoms with E-state index in [1.165, 1.54) is 24.3 Å². The molecule has 22 heavy (non-hydrogen) atoms. The van der Waals surface area contributed by atoms with E-state index in [2.05, 4.69) is 0 Å². The van der Waals surface area contributed by atoms with Crippen LogP contribution in [-0.2, 0) is 9.53 Å². The summed E-state index contributed by atoms with van der Waals surface area (Å²) in [4.78, 5) is 27.6. The average Bonchev–Trinajstić information content (AvgIpc) is 2.73. The molecule has 1 aliphatic heterocycles. The van der Waals surface area contributed by atoms with E-state index in [1.807, 2.05) is 4.90 Å². The molecule has 0 N–H and O–H groups in total. The number of halogens is 1. The van der Waals surface area contributed by atoms with Crippen LogP contribution in [-0.4, -0.2) is 61.0 Å². The van der Waals surface area contributed by atoms with E-state index in [0.29, 0.717) is 31.8 Å². The first-order valence-corrected chi connectivity index (χ1v) is 7.53. The van der Waals surface area contributed by atoms with Crippen LogP contribution in [0.25, 0.3) is 0 Å². The van der Waals surface area contributed by atoms with Gasteiger partial charge in [-0.3, -0.25) is 14.5 Å². The highest BCUT2D eigenvalue weighted by Gasteiger charge is 2.21. The zero-order valence-electron chi connectivity index (χ0n) is 12.8. The van der Waals surface area contributed by atoms with Crippen LogP contribution in [0.15, 0.2) is 24.3 Å². The molecule has 0 radical (unpaired) electrons. The Balaban J connectivity index is 1.91. The lowest BCUT2D eigenvalue weighted by molar-refractivity contribution is -0.144. The summed E-state index contributed by atoms with van der Waals surface area (Å²) in [5.74, 6) is -0.688. The van der Waals surface area contributed by atoms with Crippen molar-refractivity contribution in [1.82, 2.24) is 9.80 Å². The molecule has 5 nitrogen and oxygen atoms in total. The molecule has 120 valence electrons. The lowest BCUT2D eigenvalue weighted by Crippen LogP contribution is -2.37. The van der Waals surface area contributed by atoms with Crippen LogP contribution in [0.3, 0.4) is 0 Å². The Morgan fingerprint density at radius 1 is 1.14 bits per heavy atom. The van der Waals surface area contributed by atoms with E-state index in [9.17, 15) is 14.0 Å². The van der Waals surface area contributed by atoms with Gasteiger partial charge in [-0.05, 0) is 37.6 Å². The number of ether oxygens (including phenoxy) is 1. The maximum Gasteiger partial charge on any atom is 0.320 e. The summed E-state index contributed by atoms with van der Waals surface area (Å²) in [6.45, 7) is 4.99. The van der Waals surface area contributed by atoms with Crippen LogP contribution in [0.5, 0.6) is 0 Å². The minimum atomic E-state index is -0.354. The van der Waals surface area contributed by atoms with E-state index in [1.54, 1.807) is 11.8 Å². The summed E-state index contributed by atoms with van der Waals surface area (Å²) in [5, 5.41) is 0. The smallest absolute Gasteiger partial charge is 0.320 e. The number of hydrogen-bond acceptors (Lipinski definition) is 4. The molecule has 0 atom stereocenters. The standard InChI is InChI=1S/C16H21FN2O3/c1-2-22-15(20)12-18-8-3-9-19(11-10-18)16(21)13-4-6-14(17)7-5-13/h4-7H,2-3,8-12H2,1H3. The summed E-state index contributed by atoms with van der Waals surface area (Å²) < 4.78 is 17.9. The highest BCUT2D eigenvalue weighted by atomic mass is 19.1. The maximum atomic E-state index is 12.9. The Hall–Kier alpha value is -1.95. The van der Waals surface area contributed by atoms with Crippen molar-refractivity contribution in [1.29, 1.82) is 0 Å². The Labute approximate surface area is 129 Å². The van der Waals surface area contributed by atoms with Gasteiger partial charge < -0.3 is 9.64 Å². The number of carbonyl (C=O) groups is 2. The van der Waals surface area contributed by atoms with Crippen LogP contribution in [0, 0.1) is 5.82 Å². The number of carbonyl (C=O) groups excluding carboxylic acids is 2. The number of rotatable bonds is 4. The lowest BCUT2D eigenvalue weighted by Gasteiger charge is -2.21. The van der Waals surface area contributed by atoms with Crippen LogP contribution >= 0.6 is 0 Å². The number of benzene rings is 1. The van der Waals surface area contributed by atoms with E-state index < -0.39 is 0 Å². The molecule has 0 aromatic heterocycles. The van der Waals surface area contributed by atoms with Gasteiger partial charge in [0.05, 0.1) is 13.2 Å². The number of nitrogens with zero attached hydrogens (tertiary/aromatic N) is 2. The number of esters is 1. The predicted molar refractivity (Wildman–Crippen MR) is 80.0 cm³/mol. The summed E-state index contributed by atoms with van der Waals surface area (Å²) in [6.07, 6.45) is 0.798. The van der Waals surface area contributed by atoms with Crippen LogP contribution in [0.4, 0.5) is 4.39 Å². The van der Waals surface area contributed by atoms with Crippen molar-refractivity contribution in [3.8, 4) is 0 Å². The van der Waals surface area contributed by atoms with Gasteiger partial charge in [0.1, 0.15) is 5.82 Å². The van der Waals surface area contributed by atoms with Gasteiger partial charge in [-0.2, -0.15) is 0 Å². The molecular weight excluding hydrogens is 287 g/mol. The van der Waals surface area contributed by atoms with Crippen molar-refractivity contribution in [2.75, 3.05) is 39.3 Å². The number of amides is 1. The summed E-state index contributed by atoms with van der Waals surface area (Å²) in [5.41, 5.74) is 0.486. The maximum absolute atomic E-state index is 12.9. The SMILES string of the molecule is CCOC(=O)CN1CCCN(C(=O)c2ccc(F)cc2)CC1. The molecule has 1 heterocycles. The predicted octanol–water partition coefficient (Wildman–Crippen LogP) is 1.54. The van der Waals surface area contributed by atoms with Gasteiger partial charge in [-0.1, -0.05) is 0 Å². The third-order valence-corrected chi connectivity index (χ3v) is 3.62. The first-order valence-electron chi connectivity index (χ1n) is 7.53. The minimum Gasteiger partial charge on any atom is -0.465 e. The zero-order valence-corrected chi connectivity index (χ0v) is 12.8. The van der Waals surface area contributed by atoms with Gasteiger partial charge in [0.15, 0.2) is 0 Å². The lowest BCUT2D eigenvalue weighted by atomic mass is 10.2. The minimum absolute atomic E-state index is 0.0991. The quantitative estimate of drug-likeness (QED) is 0.792. The largest absolute Gasteiger partial charge is 0.465 e. The molecular formula is C16H21FN2O3. The first kappa shape index (κ1) is 16.4. The fourth-order valence-electron chi connectivity index (χ4n) is 2.50. The normalized spacial score (nSPS) is 16.2. The molecule has 1 aromatic carbocycles. The van der Waals surface area contributed by atoms with Crippen molar-refractivity contribution in [2.45, 2.75) is 13.3 Å². The van der Waals surface area contributed by atoms with Crippen molar-refractivity contribution in [3.05, 3.63) is 35.6 Å². The summed E-state index contributed by atoms with van der Waals surface area (Å²) >= 11 is 0. The molecule has 1 aromatic rings. The Morgan fingerprint density at radius 3 is 2.55 bits per heavy atom. The van der Waals surface area contributed by atoms with Gasteiger partial charge in [0.2, 0.25) is 0 Å². The van der Waals surface area contributed by atoms with Crippen LogP contribution < -0.4 is 0 Å². The number of hydrogen-bond donors (Lipinski definition) is 0. The van der Waals surface area contributed by atoms with E-state index in [4.69, 9.17) is 4.74 Å². The Morgan fingerprint density at radius 2 is 1.86 bits per heavy atom. The van der Waals surface area contributed by atoms with Crippen LogP contribution in [0.2, 0.25) is 0 Å². The molecule has 0 spiro atoms. The van der Waals surface area contributed by atoms with Crippen LogP contribution in [0.1, 0.15) is 23.7 Å². The van der Waals surface area contributed by atoms with E-state index >= 15 is 0 Å². The monoisotopic (exact) mass is 308 g/mol. The molecule has 1 aliphatic rings. The third kappa shape index (κ3) is 4.53. The van der Waals surface area contributed by atoms with Crippen molar-refractivity contribution in [3.63, 3.8) is 0 Å². The highest BCUT2D eigenvalue weighted by molar-refractivity contribution is 5.94. The van der Waals surface area contributed by atoms with Gasteiger partial charge in [0.25, 0.3) is 5.91 Å². The fraction of sp³-hybridized carbons (Fsp3) is 0.500. The summed E-state index contributed by atoms with van der Waals surface area (Å²) in [7, 11) is 0. The van der Waals surface area contributed by atoms with E-state index in [-0.39, 0.29) is 24.2 Å². The van der Waals surface area contributed by atoms with Gasteiger partial charge in [-0.25, -0.2) is 4.39 Å². The molecule has 1 fully saturated rings. The highest BCUT2D eigenvalue weighted by Crippen LogP contribution is 2.10. The average molecular weight is 308 g/mol. The molecule has 1 amide bonds. The second-order valence-electron chi connectivity index (χ2n) is 5.23. The zero-order chi connectivity index (χ0) is 15.9. The van der Waals surface area contributed by atoms with E-state index in [0.717, 1.165) is 13.0 Å². The Kier molecular flexibility index (Phi) is 5.89. The third-order valence-electron chi connectivity index (χ3n) is 3.62. The van der Waals surface area contributed by atoms with Gasteiger partial charge >= 0.3 is 5.97 Å². The van der Waals surface area contributed by atoms with Crippen molar-refractivity contribution >= 4 is 11.9 Å². The summed E-state index contributed by atoms with van der Waals surface area (Å²) in [6, 6.07) is 5.58. The Bertz CT molecular complexity index is 519. The molecule has 6 heteroatoms. The first-order chi connectivity index (χ1) is 10.6. The molecule has 2 rings (SSSR count). The van der Waals surface area contributed by atoms with Crippen molar-refractivity contribution < 1.29 is 18.7 Å². The second-order valence-corrected chi connectivity index (χ2v) is 5.23. The van der Waals surface area contributed by atoms with Gasteiger partial charge in [-0.15, -0.1) is 0 Å². The molecule has 0 unspecified atom stereocenters. The second kappa shape index (κ2) is 7.89. The topological polar surface area (TPSA) is 49.9 Å². The molecule has 0 saturated carbocycles. The fourth-order valence-corrected chi connectivity index (χ4v) is 2.50. The molecule has 0 bridgehead atoms.